The van der Waals surface area contributed by atoms with E-state index >= 15 is 0 Å². The highest BCUT2D eigenvalue weighted by Crippen LogP contribution is 2.24. The molecule has 1 atom stereocenters. The van der Waals surface area contributed by atoms with Crippen LogP contribution < -0.4 is 5.73 Å². The topological polar surface area (TPSA) is 43.8 Å². The Bertz CT molecular complexity index is 274. The van der Waals surface area contributed by atoms with E-state index in [1.165, 1.54) is 0 Å². The summed E-state index contributed by atoms with van der Waals surface area (Å²) in [6.45, 7) is 4.38. The number of nitrogens with zero attached hydrogens (tertiary/aromatic N) is 2. The number of hydrogen-bond acceptors (Lipinski definition) is 2. The molecule has 1 unspecified atom stereocenters. The van der Waals surface area contributed by atoms with Crippen LogP contribution in [0.5, 0.6) is 0 Å². The summed E-state index contributed by atoms with van der Waals surface area (Å²) in [5.74, 6) is 0.674. The molecule has 1 aromatic rings. The van der Waals surface area contributed by atoms with E-state index in [0.29, 0.717) is 10.9 Å². The van der Waals surface area contributed by atoms with E-state index in [4.69, 9.17) is 17.3 Å². The van der Waals surface area contributed by atoms with E-state index in [1.54, 1.807) is 10.9 Å². The molecule has 80 valence electrons. The number of hydrogen-bond donors (Lipinski definition) is 1. The fourth-order valence-electron chi connectivity index (χ4n) is 1.49. The lowest BCUT2D eigenvalue weighted by molar-refractivity contribution is 0.488. The third-order valence-electron chi connectivity index (χ3n) is 2.34. The van der Waals surface area contributed by atoms with E-state index in [0.717, 1.165) is 18.5 Å². The predicted molar refractivity (Wildman–Crippen MR) is 59.2 cm³/mol. The quantitative estimate of drug-likeness (QED) is 0.839. The number of rotatable bonds is 4. The summed E-state index contributed by atoms with van der Waals surface area (Å²) in [5, 5.41) is 4.74. The lowest BCUT2D eigenvalue weighted by Gasteiger charge is -2.13. The van der Waals surface area contributed by atoms with Crippen molar-refractivity contribution in [1.82, 2.24) is 9.78 Å². The van der Waals surface area contributed by atoms with Crippen molar-refractivity contribution >= 4 is 11.6 Å². The Hall–Kier alpha value is -0.540. The maximum Gasteiger partial charge on any atom is 0.0833 e. The molecular formula is C10H18ClN3. The number of aryl methyl sites for hydroxylation is 1. The largest absolute Gasteiger partial charge is 0.323 e. The Kier molecular flexibility index (Phi) is 3.96. The van der Waals surface area contributed by atoms with Gasteiger partial charge in [-0.2, -0.15) is 5.10 Å². The van der Waals surface area contributed by atoms with Crippen LogP contribution in [0.4, 0.5) is 0 Å². The lowest BCUT2D eigenvalue weighted by atomic mass is 10.0. The minimum absolute atomic E-state index is 0.00241. The summed E-state index contributed by atoms with van der Waals surface area (Å²) in [6.07, 6.45) is 3.71. The van der Waals surface area contributed by atoms with Gasteiger partial charge in [-0.25, -0.2) is 0 Å². The minimum atomic E-state index is -0.00241. The van der Waals surface area contributed by atoms with Crippen molar-refractivity contribution < 1.29 is 0 Å². The standard InChI is InChI=1S/C10H18ClN3/c1-7(2)4-5-9(12)10-8(11)6-13-14(10)3/h6-7,9H,4-5,12H2,1-3H3. The molecule has 4 heteroatoms. The smallest absolute Gasteiger partial charge is 0.0833 e. The van der Waals surface area contributed by atoms with Crippen molar-refractivity contribution in [2.75, 3.05) is 0 Å². The van der Waals surface area contributed by atoms with E-state index in [1.807, 2.05) is 7.05 Å². The summed E-state index contributed by atoms with van der Waals surface area (Å²) < 4.78 is 1.76. The highest BCUT2D eigenvalue weighted by molar-refractivity contribution is 6.31. The van der Waals surface area contributed by atoms with Gasteiger partial charge < -0.3 is 5.73 Å². The van der Waals surface area contributed by atoms with Gasteiger partial charge in [0.15, 0.2) is 0 Å². The molecule has 1 aromatic heterocycles. The normalized spacial score (nSPS) is 13.6. The molecule has 0 aromatic carbocycles. The van der Waals surface area contributed by atoms with E-state index in [-0.39, 0.29) is 6.04 Å². The van der Waals surface area contributed by atoms with E-state index in [9.17, 15) is 0 Å². The molecule has 0 spiro atoms. The first-order valence-electron chi connectivity index (χ1n) is 4.95. The number of nitrogens with two attached hydrogens (primary N) is 1. The van der Waals surface area contributed by atoms with Gasteiger partial charge in [0.2, 0.25) is 0 Å². The van der Waals surface area contributed by atoms with Crippen LogP contribution in [0.3, 0.4) is 0 Å². The zero-order valence-corrected chi connectivity index (χ0v) is 9.75. The third kappa shape index (κ3) is 2.72. The Morgan fingerprint density at radius 2 is 2.14 bits per heavy atom. The molecule has 0 fully saturated rings. The molecule has 14 heavy (non-hydrogen) atoms. The van der Waals surface area contributed by atoms with Gasteiger partial charge in [0.25, 0.3) is 0 Å². The summed E-state index contributed by atoms with van der Waals surface area (Å²) >= 11 is 5.99. The first-order valence-corrected chi connectivity index (χ1v) is 5.33. The third-order valence-corrected chi connectivity index (χ3v) is 2.64. The number of halogens is 1. The average molecular weight is 216 g/mol. The van der Waals surface area contributed by atoms with Crippen molar-refractivity contribution in [3.63, 3.8) is 0 Å². The predicted octanol–water partition coefficient (Wildman–Crippen LogP) is 2.51. The van der Waals surface area contributed by atoms with Gasteiger partial charge >= 0.3 is 0 Å². The molecule has 1 rings (SSSR count). The molecular weight excluding hydrogens is 198 g/mol. The van der Waals surface area contributed by atoms with Crippen LogP contribution in [0.15, 0.2) is 6.20 Å². The highest BCUT2D eigenvalue weighted by atomic mass is 35.5. The average Bonchev–Trinajstić information content (AvgIpc) is 2.42. The van der Waals surface area contributed by atoms with Gasteiger partial charge in [0.1, 0.15) is 0 Å². The SMILES string of the molecule is CC(C)CCC(N)c1c(Cl)cnn1C. The monoisotopic (exact) mass is 215 g/mol. The summed E-state index contributed by atoms with van der Waals surface area (Å²) in [6, 6.07) is -0.00241. The summed E-state index contributed by atoms with van der Waals surface area (Å²) in [7, 11) is 1.87. The van der Waals surface area contributed by atoms with Crippen LogP contribution >= 0.6 is 11.6 Å². The van der Waals surface area contributed by atoms with E-state index < -0.39 is 0 Å². The molecule has 0 aliphatic carbocycles. The molecule has 0 radical (unpaired) electrons. The second-order valence-electron chi connectivity index (χ2n) is 4.08. The Morgan fingerprint density at radius 1 is 1.50 bits per heavy atom. The molecule has 0 bridgehead atoms. The van der Waals surface area contributed by atoms with Crippen molar-refractivity contribution in [1.29, 1.82) is 0 Å². The van der Waals surface area contributed by atoms with Crippen molar-refractivity contribution in [3.8, 4) is 0 Å². The zero-order valence-electron chi connectivity index (χ0n) is 9.00. The highest BCUT2D eigenvalue weighted by Gasteiger charge is 2.14. The second-order valence-corrected chi connectivity index (χ2v) is 4.49. The first-order chi connectivity index (χ1) is 6.52. The molecule has 0 aliphatic heterocycles. The Balaban J connectivity index is 2.64. The van der Waals surface area contributed by atoms with Crippen LogP contribution in [0.25, 0.3) is 0 Å². The van der Waals surface area contributed by atoms with Crippen molar-refractivity contribution in [3.05, 3.63) is 16.9 Å². The number of aromatic nitrogens is 2. The molecule has 0 saturated heterocycles. The van der Waals surface area contributed by atoms with Crippen LogP contribution in [0, 0.1) is 5.92 Å². The molecule has 2 N–H and O–H groups in total. The van der Waals surface area contributed by atoms with Crippen LogP contribution in [-0.2, 0) is 7.05 Å². The maximum atomic E-state index is 6.04. The van der Waals surface area contributed by atoms with Gasteiger partial charge in [-0.15, -0.1) is 0 Å². The maximum absolute atomic E-state index is 6.04. The van der Waals surface area contributed by atoms with Gasteiger partial charge in [-0.05, 0) is 18.8 Å². The van der Waals surface area contributed by atoms with Crippen molar-refractivity contribution in [2.24, 2.45) is 18.7 Å². The van der Waals surface area contributed by atoms with Crippen molar-refractivity contribution in [2.45, 2.75) is 32.7 Å². The van der Waals surface area contributed by atoms with Crippen LogP contribution in [0.2, 0.25) is 5.02 Å². The zero-order chi connectivity index (χ0) is 10.7. The second kappa shape index (κ2) is 4.80. The van der Waals surface area contributed by atoms with Gasteiger partial charge in [0, 0.05) is 13.1 Å². The minimum Gasteiger partial charge on any atom is -0.323 e. The molecule has 1 heterocycles. The van der Waals surface area contributed by atoms with Gasteiger partial charge in [-0.1, -0.05) is 25.4 Å². The fraction of sp³-hybridized carbons (Fsp3) is 0.700. The summed E-state index contributed by atoms with van der Waals surface area (Å²) in [5.41, 5.74) is 6.98. The molecule has 0 amide bonds. The van der Waals surface area contributed by atoms with Gasteiger partial charge in [-0.3, -0.25) is 4.68 Å². The Labute approximate surface area is 90.2 Å². The Morgan fingerprint density at radius 3 is 2.57 bits per heavy atom. The van der Waals surface area contributed by atoms with E-state index in [2.05, 4.69) is 18.9 Å². The molecule has 3 nitrogen and oxygen atoms in total. The molecule has 0 saturated carbocycles. The van der Waals surface area contributed by atoms with Crippen LogP contribution in [-0.4, -0.2) is 9.78 Å². The summed E-state index contributed by atoms with van der Waals surface area (Å²) in [4.78, 5) is 0. The van der Waals surface area contributed by atoms with Crippen LogP contribution in [0.1, 0.15) is 38.4 Å². The lowest BCUT2D eigenvalue weighted by Crippen LogP contribution is -2.15. The fourth-order valence-corrected chi connectivity index (χ4v) is 1.79. The first kappa shape index (κ1) is 11.5. The van der Waals surface area contributed by atoms with Gasteiger partial charge in [0.05, 0.1) is 16.9 Å². The molecule has 0 aliphatic rings.